The average molecular weight is 237 g/mol. The summed E-state index contributed by atoms with van der Waals surface area (Å²) in [5.41, 5.74) is 5.94. The smallest absolute Gasteiger partial charge is 0.146 e. The highest BCUT2D eigenvalue weighted by molar-refractivity contribution is 5.76. The number of amidine groups is 1. The second-order valence-corrected chi connectivity index (χ2v) is 4.01. The normalized spacial score (nSPS) is 10.2. The molecule has 0 amide bonds. The monoisotopic (exact) mass is 237 g/mol. The van der Waals surface area contributed by atoms with E-state index < -0.39 is 0 Å². The molecule has 4 heteroatoms. The summed E-state index contributed by atoms with van der Waals surface area (Å²) in [6.45, 7) is 3.59. The van der Waals surface area contributed by atoms with E-state index in [4.69, 9.17) is 11.1 Å². The third-order valence-electron chi connectivity index (χ3n) is 2.70. The van der Waals surface area contributed by atoms with Gasteiger partial charge in [0.05, 0.1) is 11.5 Å². The molecule has 0 aromatic heterocycles. The molecule has 0 saturated heterocycles. The Kier molecular flexibility index (Phi) is 5.46. The molecule has 0 unspecified atom stereocenters. The standard InChI is InChI=1S/C13H20FN3/c1-2-17(10-6-5-9-13(15)16)12-8-4-3-7-11(12)14/h3-4,7-8H,2,5-6,9-10H2,1H3,(H3,15,16). The van der Waals surface area contributed by atoms with Gasteiger partial charge in [-0.25, -0.2) is 4.39 Å². The van der Waals surface area contributed by atoms with Crippen LogP contribution in [-0.2, 0) is 0 Å². The van der Waals surface area contributed by atoms with Gasteiger partial charge < -0.3 is 10.6 Å². The Morgan fingerprint density at radius 1 is 1.35 bits per heavy atom. The van der Waals surface area contributed by atoms with Crippen LogP contribution in [0.2, 0.25) is 0 Å². The summed E-state index contributed by atoms with van der Waals surface area (Å²) in [4.78, 5) is 2.01. The molecule has 0 aliphatic rings. The van der Waals surface area contributed by atoms with Gasteiger partial charge in [-0.1, -0.05) is 12.1 Å². The minimum absolute atomic E-state index is 0.180. The van der Waals surface area contributed by atoms with E-state index in [2.05, 4.69) is 0 Å². The molecule has 0 fully saturated rings. The first-order valence-corrected chi connectivity index (χ1v) is 5.97. The zero-order valence-electron chi connectivity index (χ0n) is 10.2. The number of halogens is 1. The lowest BCUT2D eigenvalue weighted by Crippen LogP contribution is -2.25. The molecule has 0 radical (unpaired) electrons. The molecule has 94 valence electrons. The first-order valence-electron chi connectivity index (χ1n) is 5.97. The van der Waals surface area contributed by atoms with Crippen molar-refractivity contribution >= 4 is 11.5 Å². The predicted octanol–water partition coefficient (Wildman–Crippen LogP) is 2.76. The van der Waals surface area contributed by atoms with Gasteiger partial charge >= 0.3 is 0 Å². The Bertz CT molecular complexity index is 365. The van der Waals surface area contributed by atoms with Crippen molar-refractivity contribution in [3.8, 4) is 0 Å². The first kappa shape index (κ1) is 13.5. The number of anilines is 1. The maximum atomic E-state index is 13.6. The van der Waals surface area contributed by atoms with E-state index in [1.54, 1.807) is 12.1 Å². The van der Waals surface area contributed by atoms with Gasteiger partial charge in [-0.15, -0.1) is 0 Å². The maximum Gasteiger partial charge on any atom is 0.146 e. The van der Waals surface area contributed by atoms with Crippen molar-refractivity contribution in [2.75, 3.05) is 18.0 Å². The quantitative estimate of drug-likeness (QED) is 0.435. The van der Waals surface area contributed by atoms with E-state index in [0.29, 0.717) is 12.1 Å². The summed E-state index contributed by atoms with van der Waals surface area (Å²) in [7, 11) is 0. The highest BCUT2D eigenvalue weighted by atomic mass is 19.1. The molecule has 0 heterocycles. The van der Waals surface area contributed by atoms with Gasteiger partial charge in [-0.3, -0.25) is 5.41 Å². The second-order valence-electron chi connectivity index (χ2n) is 4.01. The molecule has 0 bridgehead atoms. The zero-order chi connectivity index (χ0) is 12.7. The third kappa shape index (κ3) is 4.43. The van der Waals surface area contributed by atoms with Crippen molar-refractivity contribution in [1.29, 1.82) is 5.41 Å². The summed E-state index contributed by atoms with van der Waals surface area (Å²) < 4.78 is 13.6. The Balaban J connectivity index is 2.49. The van der Waals surface area contributed by atoms with Crippen molar-refractivity contribution in [3.63, 3.8) is 0 Å². The number of hydrogen-bond donors (Lipinski definition) is 2. The fraction of sp³-hybridized carbons (Fsp3) is 0.462. The van der Waals surface area contributed by atoms with E-state index in [9.17, 15) is 4.39 Å². The number of para-hydroxylation sites is 1. The van der Waals surface area contributed by atoms with E-state index >= 15 is 0 Å². The van der Waals surface area contributed by atoms with Gasteiger partial charge in [0.2, 0.25) is 0 Å². The van der Waals surface area contributed by atoms with Gasteiger partial charge in [-0.05, 0) is 31.9 Å². The van der Waals surface area contributed by atoms with Crippen molar-refractivity contribution in [2.24, 2.45) is 5.73 Å². The molecular formula is C13H20FN3. The van der Waals surface area contributed by atoms with Crippen LogP contribution in [0.25, 0.3) is 0 Å². The summed E-state index contributed by atoms with van der Waals surface area (Å²) >= 11 is 0. The van der Waals surface area contributed by atoms with Crippen LogP contribution in [0.1, 0.15) is 26.2 Å². The molecule has 1 aromatic rings. The molecule has 3 N–H and O–H groups in total. The molecule has 0 saturated carbocycles. The van der Waals surface area contributed by atoms with Crippen molar-refractivity contribution in [1.82, 2.24) is 0 Å². The number of nitrogens with one attached hydrogen (secondary N) is 1. The maximum absolute atomic E-state index is 13.6. The van der Waals surface area contributed by atoms with Crippen LogP contribution in [0.4, 0.5) is 10.1 Å². The molecular weight excluding hydrogens is 217 g/mol. The van der Waals surface area contributed by atoms with E-state index in [-0.39, 0.29) is 11.7 Å². The lowest BCUT2D eigenvalue weighted by molar-refractivity contribution is 0.612. The largest absolute Gasteiger partial charge is 0.388 e. The van der Waals surface area contributed by atoms with Crippen molar-refractivity contribution < 1.29 is 4.39 Å². The summed E-state index contributed by atoms with van der Waals surface area (Å²) in [6.07, 6.45) is 2.41. The van der Waals surface area contributed by atoms with E-state index in [1.165, 1.54) is 6.07 Å². The van der Waals surface area contributed by atoms with Crippen LogP contribution in [0.15, 0.2) is 24.3 Å². The Morgan fingerprint density at radius 2 is 2.06 bits per heavy atom. The first-order chi connectivity index (χ1) is 8.15. The van der Waals surface area contributed by atoms with Crippen LogP contribution in [0.5, 0.6) is 0 Å². The molecule has 17 heavy (non-hydrogen) atoms. The Labute approximate surface area is 102 Å². The summed E-state index contributed by atoms with van der Waals surface area (Å²) in [5.74, 6) is 0.0415. The molecule has 3 nitrogen and oxygen atoms in total. The minimum Gasteiger partial charge on any atom is -0.388 e. The molecule has 0 aliphatic carbocycles. The molecule has 0 spiro atoms. The highest BCUT2D eigenvalue weighted by Gasteiger charge is 2.08. The van der Waals surface area contributed by atoms with Gasteiger partial charge in [0.1, 0.15) is 5.82 Å². The Morgan fingerprint density at radius 3 is 2.65 bits per heavy atom. The molecule has 1 rings (SSSR count). The van der Waals surface area contributed by atoms with Crippen LogP contribution in [0, 0.1) is 11.2 Å². The van der Waals surface area contributed by atoms with E-state index in [0.717, 1.165) is 25.9 Å². The minimum atomic E-state index is -0.180. The summed E-state index contributed by atoms with van der Waals surface area (Å²) in [5, 5.41) is 7.13. The van der Waals surface area contributed by atoms with Crippen molar-refractivity contribution in [2.45, 2.75) is 26.2 Å². The number of rotatable bonds is 7. The van der Waals surface area contributed by atoms with Gasteiger partial charge in [-0.2, -0.15) is 0 Å². The van der Waals surface area contributed by atoms with E-state index in [1.807, 2.05) is 17.9 Å². The summed E-state index contributed by atoms with van der Waals surface area (Å²) in [6, 6.07) is 6.82. The van der Waals surface area contributed by atoms with Crippen LogP contribution < -0.4 is 10.6 Å². The lowest BCUT2D eigenvalue weighted by atomic mass is 10.2. The predicted molar refractivity (Wildman–Crippen MR) is 70.1 cm³/mol. The molecule has 0 atom stereocenters. The number of benzene rings is 1. The third-order valence-corrected chi connectivity index (χ3v) is 2.70. The number of unbranched alkanes of at least 4 members (excludes halogenated alkanes) is 1. The fourth-order valence-electron chi connectivity index (χ4n) is 1.78. The molecule has 0 aliphatic heterocycles. The Hall–Kier alpha value is -1.58. The lowest BCUT2D eigenvalue weighted by Gasteiger charge is -2.23. The average Bonchev–Trinajstić information content (AvgIpc) is 2.30. The van der Waals surface area contributed by atoms with Crippen LogP contribution in [-0.4, -0.2) is 18.9 Å². The number of nitrogens with two attached hydrogens (primary N) is 1. The molecule has 1 aromatic carbocycles. The van der Waals surface area contributed by atoms with Crippen LogP contribution in [0.3, 0.4) is 0 Å². The zero-order valence-corrected chi connectivity index (χ0v) is 10.2. The van der Waals surface area contributed by atoms with Crippen LogP contribution >= 0.6 is 0 Å². The van der Waals surface area contributed by atoms with Gasteiger partial charge in [0.25, 0.3) is 0 Å². The highest BCUT2D eigenvalue weighted by Crippen LogP contribution is 2.18. The number of nitrogens with zero attached hydrogens (tertiary/aromatic N) is 1. The van der Waals surface area contributed by atoms with Gasteiger partial charge in [0, 0.05) is 19.5 Å². The SMILES string of the molecule is CCN(CCCCC(=N)N)c1ccccc1F. The van der Waals surface area contributed by atoms with Crippen molar-refractivity contribution in [3.05, 3.63) is 30.1 Å². The number of hydrogen-bond acceptors (Lipinski definition) is 2. The fourth-order valence-corrected chi connectivity index (χ4v) is 1.78. The van der Waals surface area contributed by atoms with Gasteiger partial charge in [0.15, 0.2) is 0 Å². The topological polar surface area (TPSA) is 53.1 Å². The second kappa shape index (κ2) is 6.89.